The molecule has 1 aliphatic carbocycles. The highest BCUT2D eigenvalue weighted by Crippen LogP contribution is 2.29. The standard InChI is InChI=1S/C15H22ClNO3S/c1-12-11-13(16)7-8-15(12)21(19,20)17(9-10-18)14-5-3-2-4-6-14/h7-8,11,14,18H,2-6,9-10H2,1H3. The van der Waals surface area contributed by atoms with Crippen LogP contribution in [0.4, 0.5) is 0 Å². The lowest BCUT2D eigenvalue weighted by atomic mass is 9.95. The molecule has 0 saturated heterocycles. The summed E-state index contributed by atoms with van der Waals surface area (Å²) in [6, 6.07) is 4.80. The molecule has 2 rings (SSSR count). The van der Waals surface area contributed by atoms with Crippen molar-refractivity contribution in [2.24, 2.45) is 0 Å². The molecule has 0 heterocycles. The largest absolute Gasteiger partial charge is 0.395 e. The average Bonchev–Trinajstić information content (AvgIpc) is 2.45. The monoisotopic (exact) mass is 331 g/mol. The quantitative estimate of drug-likeness (QED) is 0.902. The van der Waals surface area contributed by atoms with Crippen LogP contribution < -0.4 is 0 Å². The van der Waals surface area contributed by atoms with Crippen LogP contribution in [0.25, 0.3) is 0 Å². The molecule has 1 aromatic carbocycles. The van der Waals surface area contributed by atoms with E-state index in [2.05, 4.69) is 0 Å². The number of hydrogen-bond donors (Lipinski definition) is 1. The lowest BCUT2D eigenvalue weighted by Gasteiger charge is -2.33. The number of nitrogens with zero attached hydrogens (tertiary/aromatic N) is 1. The number of aliphatic hydroxyl groups excluding tert-OH is 1. The van der Waals surface area contributed by atoms with Crippen LogP contribution in [-0.4, -0.2) is 37.0 Å². The van der Waals surface area contributed by atoms with Gasteiger partial charge in [-0.05, 0) is 43.5 Å². The first-order valence-corrected chi connectivity index (χ1v) is 9.17. The zero-order valence-corrected chi connectivity index (χ0v) is 13.8. The van der Waals surface area contributed by atoms with E-state index in [1.54, 1.807) is 25.1 Å². The van der Waals surface area contributed by atoms with Crippen molar-refractivity contribution in [2.75, 3.05) is 13.2 Å². The lowest BCUT2D eigenvalue weighted by Crippen LogP contribution is -2.43. The Hall–Kier alpha value is -0.620. The number of halogens is 1. The zero-order valence-electron chi connectivity index (χ0n) is 12.3. The van der Waals surface area contributed by atoms with Crippen LogP contribution in [0, 0.1) is 6.92 Å². The minimum absolute atomic E-state index is 0.00835. The summed E-state index contributed by atoms with van der Waals surface area (Å²) in [6.45, 7) is 1.73. The molecule has 0 radical (unpaired) electrons. The van der Waals surface area contributed by atoms with Crippen LogP contribution in [0.5, 0.6) is 0 Å². The molecule has 6 heteroatoms. The molecule has 21 heavy (non-hydrogen) atoms. The molecular weight excluding hydrogens is 310 g/mol. The highest BCUT2D eigenvalue weighted by Gasteiger charge is 2.32. The summed E-state index contributed by atoms with van der Waals surface area (Å²) in [4.78, 5) is 0.283. The molecule has 0 spiro atoms. The zero-order chi connectivity index (χ0) is 15.5. The smallest absolute Gasteiger partial charge is 0.243 e. The second-order valence-electron chi connectivity index (χ2n) is 5.54. The Morgan fingerprint density at radius 2 is 1.95 bits per heavy atom. The summed E-state index contributed by atoms with van der Waals surface area (Å²) >= 11 is 5.91. The van der Waals surface area contributed by atoms with E-state index in [-0.39, 0.29) is 24.1 Å². The van der Waals surface area contributed by atoms with Crippen molar-refractivity contribution in [3.63, 3.8) is 0 Å². The van der Waals surface area contributed by atoms with Gasteiger partial charge in [0.15, 0.2) is 0 Å². The van der Waals surface area contributed by atoms with Crippen molar-refractivity contribution in [1.29, 1.82) is 0 Å². The molecular formula is C15H22ClNO3S. The van der Waals surface area contributed by atoms with E-state index in [0.717, 1.165) is 32.1 Å². The Labute approximate surface area is 131 Å². The molecule has 0 aromatic heterocycles. The van der Waals surface area contributed by atoms with E-state index in [9.17, 15) is 13.5 Å². The fourth-order valence-electron chi connectivity index (χ4n) is 3.00. The predicted octanol–water partition coefficient (Wildman–Crippen LogP) is 2.96. The van der Waals surface area contributed by atoms with E-state index in [0.29, 0.717) is 10.6 Å². The molecule has 4 nitrogen and oxygen atoms in total. The molecule has 0 aliphatic heterocycles. The van der Waals surface area contributed by atoms with Crippen molar-refractivity contribution in [1.82, 2.24) is 4.31 Å². The minimum Gasteiger partial charge on any atom is -0.395 e. The van der Waals surface area contributed by atoms with E-state index < -0.39 is 10.0 Å². The maximum atomic E-state index is 12.9. The van der Waals surface area contributed by atoms with E-state index in [1.165, 1.54) is 4.31 Å². The van der Waals surface area contributed by atoms with Crippen molar-refractivity contribution < 1.29 is 13.5 Å². The van der Waals surface area contributed by atoms with Gasteiger partial charge in [0, 0.05) is 17.6 Å². The first-order valence-electron chi connectivity index (χ1n) is 7.35. The minimum atomic E-state index is -3.60. The van der Waals surface area contributed by atoms with Gasteiger partial charge in [0.1, 0.15) is 0 Å². The Balaban J connectivity index is 2.36. The van der Waals surface area contributed by atoms with Crippen molar-refractivity contribution in [3.05, 3.63) is 28.8 Å². The Morgan fingerprint density at radius 1 is 1.29 bits per heavy atom. The second kappa shape index (κ2) is 7.09. The van der Waals surface area contributed by atoms with Gasteiger partial charge in [-0.15, -0.1) is 0 Å². The maximum absolute atomic E-state index is 12.9. The molecule has 1 aliphatic rings. The molecule has 1 aromatic rings. The molecule has 1 N–H and O–H groups in total. The van der Waals surface area contributed by atoms with Crippen molar-refractivity contribution >= 4 is 21.6 Å². The summed E-state index contributed by atoms with van der Waals surface area (Å²) in [5.41, 5.74) is 0.640. The summed E-state index contributed by atoms with van der Waals surface area (Å²) in [7, 11) is -3.60. The van der Waals surface area contributed by atoms with Crippen LogP contribution in [0.2, 0.25) is 5.02 Å². The van der Waals surface area contributed by atoms with Gasteiger partial charge in [-0.1, -0.05) is 30.9 Å². The van der Waals surface area contributed by atoms with Crippen LogP contribution in [0.3, 0.4) is 0 Å². The Morgan fingerprint density at radius 3 is 2.52 bits per heavy atom. The maximum Gasteiger partial charge on any atom is 0.243 e. The molecule has 0 bridgehead atoms. The topological polar surface area (TPSA) is 57.6 Å². The highest BCUT2D eigenvalue weighted by molar-refractivity contribution is 7.89. The molecule has 0 amide bonds. The lowest BCUT2D eigenvalue weighted by molar-refractivity contribution is 0.199. The molecule has 0 unspecified atom stereocenters. The fraction of sp³-hybridized carbons (Fsp3) is 0.600. The normalized spacial score (nSPS) is 17.3. The van der Waals surface area contributed by atoms with Crippen molar-refractivity contribution in [3.8, 4) is 0 Å². The number of benzene rings is 1. The number of hydrogen-bond acceptors (Lipinski definition) is 3. The van der Waals surface area contributed by atoms with E-state index in [1.807, 2.05) is 0 Å². The highest BCUT2D eigenvalue weighted by atomic mass is 35.5. The first kappa shape index (κ1) is 16.7. The first-order chi connectivity index (χ1) is 9.96. The van der Waals surface area contributed by atoms with Crippen LogP contribution >= 0.6 is 11.6 Å². The molecule has 0 atom stereocenters. The van der Waals surface area contributed by atoms with Gasteiger partial charge >= 0.3 is 0 Å². The molecule has 1 saturated carbocycles. The van der Waals surface area contributed by atoms with Gasteiger partial charge in [0.05, 0.1) is 11.5 Å². The third-order valence-corrected chi connectivity index (χ3v) is 6.37. The van der Waals surface area contributed by atoms with Gasteiger partial charge in [-0.3, -0.25) is 0 Å². The van der Waals surface area contributed by atoms with E-state index in [4.69, 9.17) is 11.6 Å². The summed E-state index contributed by atoms with van der Waals surface area (Å²) < 4.78 is 27.3. The third-order valence-electron chi connectivity index (χ3n) is 4.03. The summed E-state index contributed by atoms with van der Waals surface area (Å²) in [5.74, 6) is 0. The summed E-state index contributed by atoms with van der Waals surface area (Å²) in [6.07, 6.45) is 4.98. The van der Waals surface area contributed by atoms with Crippen molar-refractivity contribution in [2.45, 2.75) is 50.0 Å². The number of aryl methyl sites for hydroxylation is 1. The van der Waals surface area contributed by atoms with Gasteiger partial charge in [-0.2, -0.15) is 4.31 Å². The average molecular weight is 332 g/mol. The Kier molecular flexibility index (Phi) is 5.66. The summed E-state index contributed by atoms with van der Waals surface area (Å²) in [5, 5.41) is 9.79. The number of aliphatic hydroxyl groups is 1. The van der Waals surface area contributed by atoms with E-state index >= 15 is 0 Å². The Bertz CT molecular complexity index is 583. The number of rotatable bonds is 5. The van der Waals surface area contributed by atoms with Gasteiger partial charge in [0.2, 0.25) is 10.0 Å². The molecule has 118 valence electrons. The molecule has 1 fully saturated rings. The number of sulfonamides is 1. The third kappa shape index (κ3) is 3.77. The van der Waals surface area contributed by atoms with Crippen LogP contribution in [-0.2, 0) is 10.0 Å². The predicted molar refractivity (Wildman–Crippen MR) is 84.0 cm³/mol. The van der Waals surface area contributed by atoms with Crippen LogP contribution in [0.15, 0.2) is 23.1 Å². The van der Waals surface area contributed by atoms with Gasteiger partial charge in [-0.25, -0.2) is 8.42 Å². The SMILES string of the molecule is Cc1cc(Cl)ccc1S(=O)(=O)N(CCO)C1CCCCC1. The van der Waals surface area contributed by atoms with Crippen LogP contribution in [0.1, 0.15) is 37.7 Å². The van der Waals surface area contributed by atoms with Gasteiger partial charge < -0.3 is 5.11 Å². The fourth-order valence-corrected chi connectivity index (χ4v) is 5.11. The van der Waals surface area contributed by atoms with Gasteiger partial charge in [0.25, 0.3) is 0 Å². The second-order valence-corrected chi connectivity index (χ2v) is 7.84.